The Morgan fingerprint density at radius 1 is 0.333 bits per heavy atom. The molecule has 0 rings (SSSR count). The van der Waals surface area contributed by atoms with Crippen molar-refractivity contribution in [2.24, 2.45) is 0 Å². The summed E-state index contributed by atoms with van der Waals surface area (Å²) in [5.74, 6) is 0. The summed E-state index contributed by atoms with van der Waals surface area (Å²) in [7, 11) is 0. The maximum absolute atomic E-state index is 0. The summed E-state index contributed by atoms with van der Waals surface area (Å²) < 4.78 is 0. The van der Waals surface area contributed by atoms with E-state index in [0.29, 0.717) is 0 Å². The van der Waals surface area contributed by atoms with Gasteiger partial charge in [0.2, 0.25) is 0 Å². The summed E-state index contributed by atoms with van der Waals surface area (Å²) in [6, 6.07) is 0. The van der Waals surface area contributed by atoms with Gasteiger partial charge in [0.25, 0.3) is 0 Å². The summed E-state index contributed by atoms with van der Waals surface area (Å²) >= 11 is 0. The predicted molar refractivity (Wildman–Crippen MR) is 0 cm³/mol. The first-order valence-corrected chi connectivity index (χ1v) is 0. The molecular weight excluding hydrogens is 415 g/mol. The molecule has 0 aliphatic heterocycles. The van der Waals surface area contributed by atoms with Crippen LogP contribution >= 0.6 is 0 Å². The van der Waals surface area contributed by atoms with E-state index in [1.54, 1.807) is 0 Å². The Hall–Kier alpha value is 3.97. The Kier molecular flexibility index (Phi) is 306. The molecule has 0 fully saturated rings. The van der Waals surface area contributed by atoms with Gasteiger partial charge < -0.3 is 0 Å². The molecule has 0 spiro atoms. The van der Waals surface area contributed by atoms with Crippen molar-refractivity contribution in [2.75, 3.05) is 0 Å². The van der Waals surface area contributed by atoms with Crippen LogP contribution in [0.3, 0.4) is 0 Å². The van der Waals surface area contributed by atoms with Crippen molar-refractivity contribution in [1.82, 2.24) is 0 Å². The number of rotatable bonds is 0. The molecule has 6 heteroatoms. The third-order valence-corrected chi connectivity index (χ3v) is 0. The van der Waals surface area contributed by atoms with Crippen molar-refractivity contribution in [3.8, 4) is 0 Å². The van der Waals surface area contributed by atoms with Crippen LogP contribution in [0.5, 0.6) is 0 Å². The zero-order valence-electron chi connectivity index (χ0n) is 2.39. The molecule has 0 aliphatic carbocycles. The van der Waals surface area contributed by atoms with Gasteiger partial charge >= 0.3 is 0 Å². The summed E-state index contributed by atoms with van der Waals surface area (Å²) in [6.45, 7) is 0. The third kappa shape index (κ3) is 24.6. The van der Waals surface area contributed by atoms with Gasteiger partial charge in [0.1, 0.15) is 0 Å². The minimum absolute atomic E-state index is 0. The van der Waals surface area contributed by atoms with Crippen molar-refractivity contribution in [2.45, 2.75) is 0 Å². The van der Waals surface area contributed by atoms with Gasteiger partial charge in [-0.05, 0) is 0 Å². The van der Waals surface area contributed by atoms with E-state index in [2.05, 4.69) is 0 Å². The maximum atomic E-state index is 0. The van der Waals surface area contributed by atoms with E-state index < -0.39 is 0 Å². The van der Waals surface area contributed by atoms with Gasteiger partial charge in [0.05, 0.1) is 0 Å². The Morgan fingerprint density at radius 2 is 0.333 bits per heavy atom. The molecule has 0 N–H and O–H groups in total. The van der Waals surface area contributed by atoms with Crippen LogP contribution in [0.1, 0.15) is 0 Å². The fourth-order valence-electron chi connectivity index (χ4n) is 0. The second-order valence-electron chi connectivity index (χ2n) is 0. The minimum Gasteiger partial charge on any atom is 0 e. The maximum Gasteiger partial charge on any atom is 0 e. The van der Waals surface area contributed by atoms with E-state index in [0.717, 1.165) is 0 Å². The van der Waals surface area contributed by atoms with Gasteiger partial charge in [-0.1, -0.05) is 0 Å². The smallest absolute Gasteiger partial charge is 0 e. The van der Waals surface area contributed by atoms with Gasteiger partial charge in [-0.2, -0.15) is 0 Å². The van der Waals surface area contributed by atoms with Crippen LogP contribution in [0.25, 0.3) is 0 Å². The van der Waals surface area contributed by atoms with Gasteiger partial charge in [-0.15, -0.1) is 0 Å². The summed E-state index contributed by atoms with van der Waals surface area (Å²) in [6.07, 6.45) is 0. The fourth-order valence-corrected chi connectivity index (χ4v) is 0. The van der Waals surface area contributed by atoms with Crippen LogP contribution in [0, 0.1) is 41.7 Å². The second-order valence-corrected chi connectivity index (χ2v) is 0. The molecule has 39 valence electrons. The van der Waals surface area contributed by atoms with E-state index in [1.165, 1.54) is 0 Å². The molecule has 0 heterocycles. The van der Waals surface area contributed by atoms with Crippen molar-refractivity contribution in [3.05, 3.63) is 0 Å². The van der Waals surface area contributed by atoms with E-state index >= 15 is 0 Å². The zero-order valence-corrected chi connectivity index (χ0v) is 11.4. The van der Waals surface area contributed by atoms with Crippen molar-refractivity contribution >= 4 is 0 Å². The third-order valence-electron chi connectivity index (χ3n) is 0. The van der Waals surface area contributed by atoms with Crippen LogP contribution in [0.4, 0.5) is 0 Å². The van der Waals surface area contributed by atoms with Gasteiger partial charge in [0.15, 0.2) is 0 Å². The molecule has 0 nitrogen and oxygen atoms in total. The predicted octanol–water partition coefficient (Wildman–Crippen LogP) is -0.0125. The van der Waals surface area contributed by atoms with Crippen LogP contribution in [-0.4, -0.2) is 0 Å². The first-order valence-electron chi connectivity index (χ1n) is 0. The van der Waals surface area contributed by atoms with Crippen molar-refractivity contribution in [3.63, 3.8) is 0 Å². The molecule has 0 aromatic carbocycles. The molecule has 0 atom stereocenters. The van der Waals surface area contributed by atoms with E-state index in [1.807, 2.05) is 0 Å². The molecule has 0 bridgehead atoms. The fraction of sp³-hybridized carbons (Fsp3) is 0. The van der Waals surface area contributed by atoms with Crippen molar-refractivity contribution < 1.29 is 127 Å². The first kappa shape index (κ1) is 50.9. The summed E-state index contributed by atoms with van der Waals surface area (Å²) in [5, 5.41) is 0. The molecule has 5 radical (unpaired) electrons. The Labute approximate surface area is 124 Å². The molecule has 6 heavy (non-hydrogen) atoms. The van der Waals surface area contributed by atoms with Crippen LogP contribution in [0.15, 0.2) is 0 Å². The molecule has 0 aromatic heterocycles. The van der Waals surface area contributed by atoms with Crippen LogP contribution in [0.2, 0.25) is 0 Å². The van der Waals surface area contributed by atoms with Gasteiger partial charge in [-0.25, -0.2) is 0 Å². The molecular formula is CeMn5. The average molecular weight is 415 g/mol. The standard InChI is InChI=1S/Ce.5Mn. The molecule has 0 amide bonds. The molecule has 0 aliphatic rings. The molecule has 0 unspecified atom stereocenters. The van der Waals surface area contributed by atoms with Gasteiger partial charge in [0, 0.05) is 127 Å². The van der Waals surface area contributed by atoms with E-state index in [-0.39, 0.29) is 127 Å². The molecule has 0 saturated heterocycles. The normalized spacial score (nSPS) is 0. The molecule has 0 saturated carbocycles. The van der Waals surface area contributed by atoms with E-state index in [9.17, 15) is 0 Å². The summed E-state index contributed by atoms with van der Waals surface area (Å²) in [5.41, 5.74) is 0. The minimum atomic E-state index is 0. The van der Waals surface area contributed by atoms with Crippen LogP contribution < -0.4 is 0 Å². The van der Waals surface area contributed by atoms with Crippen molar-refractivity contribution in [1.29, 1.82) is 0 Å². The van der Waals surface area contributed by atoms with Gasteiger partial charge in [-0.3, -0.25) is 0 Å². The SMILES string of the molecule is [Ce].[Mn].[Mn].[Mn].[Mn].[Mn]. The summed E-state index contributed by atoms with van der Waals surface area (Å²) in [4.78, 5) is 0. The van der Waals surface area contributed by atoms with Crippen LogP contribution in [-0.2, 0) is 85.3 Å². The Balaban J connectivity index is 0. The number of hydrogen-bond donors (Lipinski definition) is 0. The second kappa shape index (κ2) is 36.1. The quantitative estimate of drug-likeness (QED) is 0.489. The zero-order chi connectivity index (χ0) is 0. The van der Waals surface area contributed by atoms with E-state index in [4.69, 9.17) is 0 Å². The monoisotopic (exact) mass is 415 g/mol. The number of hydrogen-bond acceptors (Lipinski definition) is 0. The average Bonchev–Trinajstić information content (AvgIpc) is 0. The Bertz CT molecular complexity index is 3.90. The topological polar surface area (TPSA) is 0 Å². The Morgan fingerprint density at radius 3 is 0.333 bits per heavy atom. The first-order chi connectivity index (χ1) is 0. The largest absolute Gasteiger partial charge is 0 e. The molecule has 0 aromatic rings.